The molecule has 0 aliphatic carbocycles. The second-order valence-corrected chi connectivity index (χ2v) is 12.3. The largest absolute Gasteiger partial charge is 0.450 e. The van der Waals surface area contributed by atoms with Gasteiger partial charge in [0.2, 0.25) is 0 Å². The Balaban J connectivity index is 2.30. The Hall–Kier alpha value is -1.88. The maximum atomic E-state index is 14.2. The highest BCUT2D eigenvalue weighted by molar-refractivity contribution is 7.55. The van der Waals surface area contributed by atoms with Crippen LogP contribution in [0.25, 0.3) is 0 Å². The predicted molar refractivity (Wildman–Crippen MR) is 127 cm³/mol. The molecule has 0 amide bonds. The van der Waals surface area contributed by atoms with Crippen molar-refractivity contribution in [3.05, 3.63) is 58.9 Å². The van der Waals surface area contributed by atoms with Gasteiger partial charge in [0.1, 0.15) is 5.82 Å². The van der Waals surface area contributed by atoms with Gasteiger partial charge in [0.25, 0.3) is 0 Å². The van der Waals surface area contributed by atoms with Crippen molar-refractivity contribution in [2.24, 2.45) is 0 Å². The summed E-state index contributed by atoms with van der Waals surface area (Å²) in [5.74, 6) is 0.210. The van der Waals surface area contributed by atoms with Crippen LogP contribution in [0.4, 0.5) is 10.1 Å². The predicted octanol–water partition coefficient (Wildman–Crippen LogP) is 7.30. The van der Waals surface area contributed by atoms with Crippen molar-refractivity contribution in [1.29, 1.82) is 0 Å². The van der Waals surface area contributed by atoms with Gasteiger partial charge in [0, 0.05) is 11.1 Å². The SMILES string of the molecule is CCOP(=O)(OCC)C1(c2ccc(F)cc2)Nc2cc(C(C)(C)C)cc(C(C)(C)C)c2O1. The van der Waals surface area contributed by atoms with Gasteiger partial charge >= 0.3 is 13.1 Å². The van der Waals surface area contributed by atoms with E-state index in [9.17, 15) is 8.96 Å². The zero-order valence-electron chi connectivity index (χ0n) is 20.3. The molecule has 1 aliphatic heterocycles. The number of benzene rings is 2. The van der Waals surface area contributed by atoms with Gasteiger partial charge in [-0.25, -0.2) is 4.39 Å². The number of ether oxygens (including phenoxy) is 1. The Bertz CT molecular complexity index is 1010. The molecule has 32 heavy (non-hydrogen) atoms. The Morgan fingerprint density at radius 2 is 1.53 bits per heavy atom. The maximum Gasteiger partial charge on any atom is 0.400 e. The molecule has 3 rings (SSSR count). The summed E-state index contributed by atoms with van der Waals surface area (Å²) in [5, 5.41) is 3.36. The normalized spacial score (nSPS) is 18.8. The second-order valence-electron chi connectivity index (χ2n) is 10.1. The monoisotopic (exact) mass is 463 g/mol. The van der Waals surface area contributed by atoms with Gasteiger partial charge in [-0.15, -0.1) is 0 Å². The van der Waals surface area contributed by atoms with Crippen LogP contribution in [0.3, 0.4) is 0 Å². The zero-order valence-corrected chi connectivity index (χ0v) is 21.2. The maximum absolute atomic E-state index is 14.2. The lowest BCUT2D eigenvalue weighted by molar-refractivity contribution is 0.117. The standard InChI is InChI=1S/C25H35FNO4P/c1-9-29-32(28,30-10-2)25(17-11-13-19(26)14-12-17)27-21-16-18(23(3,4)5)15-20(22(21)31-25)24(6,7)8/h11-16,27H,9-10H2,1-8H3. The lowest BCUT2D eigenvalue weighted by Crippen LogP contribution is -2.39. The average Bonchev–Trinajstić information content (AvgIpc) is 3.08. The van der Waals surface area contributed by atoms with Crippen molar-refractivity contribution in [3.8, 4) is 5.75 Å². The van der Waals surface area contributed by atoms with Gasteiger partial charge in [-0.05, 0) is 60.6 Å². The molecule has 0 radical (unpaired) electrons. The average molecular weight is 464 g/mol. The van der Waals surface area contributed by atoms with Crippen LogP contribution in [0.5, 0.6) is 5.75 Å². The first-order valence-corrected chi connectivity index (χ1v) is 12.6. The van der Waals surface area contributed by atoms with Gasteiger partial charge in [-0.2, -0.15) is 0 Å². The molecule has 2 aromatic carbocycles. The summed E-state index contributed by atoms with van der Waals surface area (Å²) in [6, 6.07) is 9.92. The van der Waals surface area contributed by atoms with Crippen LogP contribution < -0.4 is 10.1 Å². The first-order valence-electron chi connectivity index (χ1n) is 11.1. The molecule has 0 fully saturated rings. The number of halogens is 1. The Morgan fingerprint density at radius 1 is 0.969 bits per heavy atom. The van der Waals surface area contributed by atoms with E-state index in [1.165, 1.54) is 12.1 Å². The van der Waals surface area contributed by atoms with Crippen LogP contribution in [0.1, 0.15) is 72.1 Å². The third-order valence-corrected chi connectivity index (χ3v) is 7.96. The molecule has 7 heteroatoms. The molecule has 176 valence electrons. The van der Waals surface area contributed by atoms with Crippen LogP contribution in [-0.4, -0.2) is 13.2 Å². The first-order chi connectivity index (χ1) is 14.8. The Morgan fingerprint density at radius 3 is 2.00 bits per heavy atom. The summed E-state index contributed by atoms with van der Waals surface area (Å²) in [4.78, 5) is 0. The third kappa shape index (κ3) is 4.33. The zero-order chi connectivity index (χ0) is 23.9. The van der Waals surface area contributed by atoms with Gasteiger partial charge in [-0.3, -0.25) is 4.57 Å². The van der Waals surface area contributed by atoms with Crippen LogP contribution in [-0.2, 0) is 29.9 Å². The molecule has 2 aromatic rings. The summed E-state index contributed by atoms with van der Waals surface area (Å²) in [6.45, 7) is 16.6. The smallest absolute Gasteiger partial charge is 0.400 e. The number of nitrogens with one attached hydrogen (secondary N) is 1. The van der Waals surface area contributed by atoms with Crippen molar-refractivity contribution in [1.82, 2.24) is 0 Å². The molecule has 0 aromatic heterocycles. The number of rotatable bonds is 6. The molecule has 1 aliphatic rings. The molecular weight excluding hydrogens is 428 g/mol. The molecule has 1 unspecified atom stereocenters. The van der Waals surface area contributed by atoms with Crippen molar-refractivity contribution in [3.63, 3.8) is 0 Å². The molecule has 0 saturated heterocycles. The van der Waals surface area contributed by atoms with E-state index >= 15 is 0 Å². The highest BCUT2D eigenvalue weighted by Crippen LogP contribution is 2.68. The van der Waals surface area contributed by atoms with E-state index < -0.39 is 18.9 Å². The van der Waals surface area contributed by atoms with Crippen molar-refractivity contribution in [2.45, 2.75) is 71.7 Å². The minimum Gasteiger partial charge on any atom is -0.450 e. The van der Waals surface area contributed by atoms with E-state index in [2.05, 4.69) is 52.9 Å². The van der Waals surface area contributed by atoms with Crippen LogP contribution >= 0.6 is 7.60 Å². The molecule has 5 nitrogen and oxygen atoms in total. The van der Waals surface area contributed by atoms with E-state index in [-0.39, 0.29) is 24.0 Å². The van der Waals surface area contributed by atoms with E-state index in [1.54, 1.807) is 26.0 Å². The van der Waals surface area contributed by atoms with E-state index in [4.69, 9.17) is 13.8 Å². The quantitative estimate of drug-likeness (QED) is 0.456. The number of fused-ring (bicyclic) bond motifs is 1. The van der Waals surface area contributed by atoms with Crippen molar-refractivity contribution in [2.75, 3.05) is 18.5 Å². The molecule has 0 spiro atoms. The summed E-state index contributed by atoms with van der Waals surface area (Å²) in [7, 11) is -3.90. The lowest BCUT2D eigenvalue weighted by Gasteiger charge is -2.35. The minimum absolute atomic E-state index is 0.110. The highest BCUT2D eigenvalue weighted by Gasteiger charge is 2.59. The molecule has 1 atom stereocenters. The van der Waals surface area contributed by atoms with Gasteiger partial charge < -0.3 is 19.1 Å². The third-order valence-electron chi connectivity index (χ3n) is 5.54. The number of hydrogen-bond acceptors (Lipinski definition) is 5. The second kappa shape index (κ2) is 8.48. The summed E-state index contributed by atoms with van der Waals surface area (Å²) < 4.78 is 46.0. The summed E-state index contributed by atoms with van der Waals surface area (Å²) in [6.07, 6.45) is 0. The van der Waals surface area contributed by atoms with Gasteiger partial charge in [0.05, 0.1) is 18.9 Å². The summed E-state index contributed by atoms with van der Waals surface area (Å²) in [5.41, 5.74) is 1.30. The van der Waals surface area contributed by atoms with Crippen LogP contribution in [0.2, 0.25) is 0 Å². The topological polar surface area (TPSA) is 56.8 Å². The van der Waals surface area contributed by atoms with Crippen molar-refractivity contribution >= 4 is 13.3 Å². The molecule has 0 bridgehead atoms. The Kier molecular flexibility index (Phi) is 6.56. The van der Waals surface area contributed by atoms with Crippen LogP contribution in [0, 0.1) is 5.82 Å². The fourth-order valence-electron chi connectivity index (χ4n) is 3.83. The summed E-state index contributed by atoms with van der Waals surface area (Å²) >= 11 is 0. The molecular formula is C25H35FNO4P. The number of anilines is 1. The molecule has 0 saturated carbocycles. The van der Waals surface area contributed by atoms with Gasteiger partial charge in [0.15, 0.2) is 5.75 Å². The van der Waals surface area contributed by atoms with E-state index in [0.29, 0.717) is 17.0 Å². The van der Waals surface area contributed by atoms with E-state index in [1.807, 2.05) is 6.07 Å². The molecule has 1 heterocycles. The van der Waals surface area contributed by atoms with Crippen LogP contribution in [0.15, 0.2) is 36.4 Å². The molecule has 1 N–H and O–H groups in total. The van der Waals surface area contributed by atoms with Crippen molar-refractivity contribution < 1.29 is 22.7 Å². The fraction of sp³-hybridized carbons (Fsp3) is 0.520. The number of hydrogen-bond donors (Lipinski definition) is 1. The lowest BCUT2D eigenvalue weighted by atomic mass is 9.80. The first kappa shape index (κ1) is 24.8. The minimum atomic E-state index is -3.90. The Labute approximate surface area is 191 Å². The van der Waals surface area contributed by atoms with E-state index in [0.717, 1.165) is 11.1 Å². The van der Waals surface area contributed by atoms with Gasteiger partial charge in [-0.1, -0.05) is 47.6 Å². The highest BCUT2D eigenvalue weighted by atomic mass is 31.2. The fourth-order valence-corrected chi connectivity index (χ4v) is 5.87.